The molecule has 1 saturated heterocycles. The van der Waals surface area contributed by atoms with Crippen molar-refractivity contribution in [3.05, 3.63) is 73.3 Å². The van der Waals surface area contributed by atoms with Gasteiger partial charge in [0.2, 0.25) is 0 Å². The summed E-state index contributed by atoms with van der Waals surface area (Å²) in [6, 6.07) is 21.1. The molecule has 144 valence electrons. The molecular weight excluding hydrogens is 352 g/mol. The Morgan fingerprint density at radius 2 is 1.59 bits per heavy atom. The molecule has 27 heavy (non-hydrogen) atoms. The van der Waals surface area contributed by atoms with Crippen molar-refractivity contribution in [3.8, 4) is 0 Å². The van der Waals surface area contributed by atoms with E-state index < -0.39 is 14.4 Å². The van der Waals surface area contributed by atoms with Crippen LogP contribution in [0.3, 0.4) is 0 Å². The zero-order chi connectivity index (χ0) is 19.5. The Morgan fingerprint density at radius 3 is 2.00 bits per heavy atom. The summed E-state index contributed by atoms with van der Waals surface area (Å²) in [6.07, 6.45) is 1.32. The molecule has 1 aliphatic rings. The average Bonchev–Trinajstić information content (AvgIpc) is 3.03. The SMILES string of the molecule is C=C[C@@H]1O[C@H](CO[Si](c2ccccc2)(c2ccccc2)C(C)(C)C)C[C@H]1O. The first-order valence-corrected chi connectivity index (χ1v) is 11.5. The maximum Gasteiger partial charge on any atom is 0.261 e. The van der Waals surface area contributed by atoms with Crippen LogP contribution in [0.4, 0.5) is 0 Å². The second kappa shape index (κ2) is 8.11. The topological polar surface area (TPSA) is 38.7 Å². The molecule has 3 nitrogen and oxygen atoms in total. The fourth-order valence-corrected chi connectivity index (χ4v) is 8.66. The lowest BCUT2D eigenvalue weighted by atomic mass is 10.1. The predicted octanol–water partition coefficient (Wildman–Crippen LogP) is 3.27. The normalized spacial score (nSPS) is 23.3. The molecule has 1 fully saturated rings. The number of rotatable bonds is 6. The summed E-state index contributed by atoms with van der Waals surface area (Å²) < 4.78 is 12.8. The number of benzene rings is 2. The second-order valence-corrected chi connectivity index (χ2v) is 12.5. The molecular formula is C23H30O3Si. The number of hydrogen-bond acceptors (Lipinski definition) is 3. The zero-order valence-electron chi connectivity index (χ0n) is 16.5. The zero-order valence-corrected chi connectivity index (χ0v) is 17.5. The Hall–Kier alpha value is -1.72. The molecule has 0 unspecified atom stereocenters. The van der Waals surface area contributed by atoms with Gasteiger partial charge in [-0.15, -0.1) is 6.58 Å². The first-order chi connectivity index (χ1) is 12.9. The van der Waals surface area contributed by atoms with Crippen molar-refractivity contribution in [1.82, 2.24) is 0 Å². The van der Waals surface area contributed by atoms with Crippen molar-refractivity contribution in [1.29, 1.82) is 0 Å². The van der Waals surface area contributed by atoms with E-state index in [1.54, 1.807) is 6.08 Å². The third-order valence-corrected chi connectivity index (χ3v) is 10.4. The average molecular weight is 383 g/mol. The van der Waals surface area contributed by atoms with E-state index >= 15 is 0 Å². The van der Waals surface area contributed by atoms with Crippen molar-refractivity contribution in [3.63, 3.8) is 0 Å². The fourth-order valence-electron chi connectivity index (χ4n) is 4.07. The molecule has 3 atom stereocenters. The van der Waals surface area contributed by atoms with E-state index in [2.05, 4.69) is 75.9 Å². The minimum absolute atomic E-state index is 0.0647. The summed E-state index contributed by atoms with van der Waals surface area (Å²) in [7, 11) is -2.56. The van der Waals surface area contributed by atoms with E-state index in [1.807, 2.05) is 12.1 Å². The number of aliphatic hydroxyl groups excluding tert-OH is 1. The minimum Gasteiger partial charge on any atom is -0.405 e. The van der Waals surface area contributed by atoms with E-state index in [4.69, 9.17) is 9.16 Å². The molecule has 0 aromatic heterocycles. The largest absolute Gasteiger partial charge is 0.405 e. The van der Waals surface area contributed by atoms with Crippen molar-refractivity contribution >= 4 is 18.7 Å². The molecule has 4 heteroatoms. The molecule has 3 rings (SSSR count). The van der Waals surface area contributed by atoms with E-state index in [9.17, 15) is 5.11 Å². The maximum atomic E-state index is 10.1. The van der Waals surface area contributed by atoms with E-state index in [1.165, 1.54) is 10.4 Å². The molecule has 1 heterocycles. The Kier molecular flexibility index (Phi) is 6.01. The van der Waals surface area contributed by atoms with Gasteiger partial charge < -0.3 is 14.3 Å². The van der Waals surface area contributed by atoms with Crippen molar-refractivity contribution < 1.29 is 14.3 Å². The van der Waals surface area contributed by atoms with Gasteiger partial charge in [0.15, 0.2) is 0 Å². The highest BCUT2D eigenvalue weighted by molar-refractivity contribution is 6.99. The van der Waals surface area contributed by atoms with Crippen LogP contribution in [-0.2, 0) is 9.16 Å². The second-order valence-electron chi connectivity index (χ2n) is 8.24. The molecule has 0 bridgehead atoms. The van der Waals surface area contributed by atoms with Crippen molar-refractivity contribution in [2.24, 2.45) is 0 Å². The molecule has 0 radical (unpaired) electrons. The molecule has 1 aliphatic heterocycles. The summed E-state index contributed by atoms with van der Waals surface area (Å²) in [5, 5.41) is 12.6. The highest BCUT2D eigenvalue weighted by Gasteiger charge is 2.50. The Balaban J connectivity index is 1.98. The Labute approximate surface area is 163 Å². The third-order valence-electron chi connectivity index (χ3n) is 5.37. The lowest BCUT2D eigenvalue weighted by molar-refractivity contribution is 0.0184. The Bertz CT molecular complexity index is 700. The van der Waals surface area contributed by atoms with Crippen LogP contribution in [0.25, 0.3) is 0 Å². The monoisotopic (exact) mass is 382 g/mol. The molecule has 0 saturated carbocycles. The van der Waals surface area contributed by atoms with Gasteiger partial charge in [-0.05, 0) is 15.4 Å². The van der Waals surface area contributed by atoms with Crippen LogP contribution in [0.5, 0.6) is 0 Å². The summed E-state index contributed by atoms with van der Waals surface area (Å²) in [6.45, 7) is 11.0. The first-order valence-electron chi connectivity index (χ1n) is 9.59. The minimum atomic E-state index is -2.56. The van der Waals surface area contributed by atoms with Gasteiger partial charge in [-0.2, -0.15) is 0 Å². The van der Waals surface area contributed by atoms with Crippen molar-refractivity contribution in [2.75, 3.05) is 6.61 Å². The maximum absolute atomic E-state index is 10.1. The van der Waals surface area contributed by atoms with Gasteiger partial charge in [0, 0.05) is 6.42 Å². The van der Waals surface area contributed by atoms with E-state index in [0.717, 1.165) is 0 Å². The van der Waals surface area contributed by atoms with Gasteiger partial charge in [-0.1, -0.05) is 87.5 Å². The molecule has 2 aromatic rings. The van der Waals surface area contributed by atoms with Gasteiger partial charge in [-0.25, -0.2) is 0 Å². The Morgan fingerprint density at radius 1 is 1.07 bits per heavy atom. The highest BCUT2D eigenvalue weighted by Crippen LogP contribution is 2.37. The lowest BCUT2D eigenvalue weighted by Gasteiger charge is -2.43. The van der Waals surface area contributed by atoms with Gasteiger partial charge in [0.1, 0.15) is 6.10 Å². The summed E-state index contributed by atoms with van der Waals surface area (Å²) >= 11 is 0. The van der Waals surface area contributed by atoms with Crippen LogP contribution >= 0.6 is 0 Å². The highest BCUT2D eigenvalue weighted by atomic mass is 28.4. The third kappa shape index (κ3) is 3.94. The number of hydrogen-bond donors (Lipinski definition) is 1. The lowest BCUT2D eigenvalue weighted by Crippen LogP contribution is -2.67. The van der Waals surface area contributed by atoms with Gasteiger partial charge >= 0.3 is 0 Å². The van der Waals surface area contributed by atoms with Crippen LogP contribution in [0.2, 0.25) is 5.04 Å². The molecule has 1 N–H and O–H groups in total. The molecule has 0 spiro atoms. The van der Waals surface area contributed by atoms with Crippen LogP contribution in [0, 0.1) is 0 Å². The van der Waals surface area contributed by atoms with Gasteiger partial charge in [0.05, 0.1) is 18.8 Å². The summed E-state index contributed by atoms with van der Waals surface area (Å²) in [5.41, 5.74) is 0. The molecule has 0 amide bonds. The number of aliphatic hydroxyl groups is 1. The quantitative estimate of drug-likeness (QED) is 0.616. The van der Waals surface area contributed by atoms with Crippen LogP contribution in [-0.4, -0.2) is 38.3 Å². The molecule has 2 aromatic carbocycles. The summed E-state index contributed by atoms with van der Waals surface area (Å²) in [5.74, 6) is 0. The van der Waals surface area contributed by atoms with E-state index in [-0.39, 0.29) is 17.2 Å². The van der Waals surface area contributed by atoms with E-state index in [0.29, 0.717) is 13.0 Å². The summed E-state index contributed by atoms with van der Waals surface area (Å²) in [4.78, 5) is 0. The first kappa shape index (κ1) is 20.0. The van der Waals surface area contributed by atoms with Crippen LogP contribution in [0.15, 0.2) is 73.3 Å². The molecule has 0 aliphatic carbocycles. The van der Waals surface area contributed by atoms with Crippen LogP contribution in [0.1, 0.15) is 27.2 Å². The number of ether oxygens (including phenoxy) is 1. The standard InChI is InChI=1S/C23H30O3Si/c1-5-22-21(24)16-18(26-22)17-25-27(23(2,3)4,19-12-8-6-9-13-19)20-14-10-7-11-15-20/h5-15,18,21-22,24H,1,16-17H2,2-4H3/t18-,21+,22-/m0/s1. The van der Waals surface area contributed by atoms with Crippen LogP contribution < -0.4 is 10.4 Å². The van der Waals surface area contributed by atoms with Crippen molar-refractivity contribution in [2.45, 2.75) is 50.5 Å². The fraction of sp³-hybridized carbons (Fsp3) is 0.391. The predicted molar refractivity (Wildman–Crippen MR) is 113 cm³/mol. The van der Waals surface area contributed by atoms with Gasteiger partial charge in [-0.3, -0.25) is 0 Å². The van der Waals surface area contributed by atoms with Gasteiger partial charge in [0.25, 0.3) is 8.32 Å². The smallest absolute Gasteiger partial charge is 0.261 e.